The van der Waals surface area contributed by atoms with E-state index in [0.717, 1.165) is 0 Å². The van der Waals surface area contributed by atoms with Crippen LogP contribution in [0, 0.1) is 23.7 Å². The van der Waals surface area contributed by atoms with Crippen LogP contribution >= 0.6 is 0 Å². The number of ether oxygens (including phenoxy) is 4. The molecule has 4 unspecified atom stereocenters. The van der Waals surface area contributed by atoms with E-state index in [-0.39, 0.29) is 47.8 Å². The van der Waals surface area contributed by atoms with E-state index in [9.17, 15) is 19.2 Å². The number of carbonyl (C=O) groups excluding carboxylic acids is 4. The topological polar surface area (TPSA) is 112 Å². The van der Waals surface area contributed by atoms with Crippen LogP contribution in [0.15, 0.2) is 0 Å². The molecule has 10 heteroatoms. The van der Waals surface area contributed by atoms with Crippen molar-refractivity contribution in [2.75, 3.05) is 39.4 Å². The largest absolute Gasteiger partial charge is 0.466 e. The Labute approximate surface area is 215 Å². The summed E-state index contributed by atoms with van der Waals surface area (Å²) in [7, 11) is 0. The van der Waals surface area contributed by atoms with Crippen molar-refractivity contribution in [3.05, 3.63) is 0 Å². The summed E-state index contributed by atoms with van der Waals surface area (Å²) in [6, 6.07) is 0. The first-order chi connectivity index (χ1) is 16.5. The van der Waals surface area contributed by atoms with Crippen molar-refractivity contribution in [3.63, 3.8) is 0 Å². The predicted octanol–water partition coefficient (Wildman–Crippen LogP) is 4.11. The van der Waals surface area contributed by atoms with Crippen molar-refractivity contribution < 1.29 is 38.1 Å². The number of esters is 2. The molecular formula is C26H46N2O8. The lowest BCUT2D eigenvalue weighted by molar-refractivity contribution is -0.149. The molecule has 2 rings (SSSR count). The van der Waals surface area contributed by atoms with Crippen molar-refractivity contribution in [1.82, 2.24) is 9.80 Å². The summed E-state index contributed by atoms with van der Waals surface area (Å²) in [5.74, 6) is -0.713. The lowest BCUT2D eigenvalue weighted by atomic mass is 9.99. The summed E-state index contributed by atoms with van der Waals surface area (Å²) < 4.78 is 20.6. The first kappa shape index (κ1) is 31.5. The Bertz CT molecular complexity index is 707. The zero-order chi connectivity index (χ0) is 27.8. The summed E-state index contributed by atoms with van der Waals surface area (Å²) in [5.41, 5.74) is -1.02. The molecule has 0 aromatic heterocycles. The van der Waals surface area contributed by atoms with Gasteiger partial charge in [0.2, 0.25) is 0 Å². The van der Waals surface area contributed by atoms with Gasteiger partial charge in [0.25, 0.3) is 0 Å². The summed E-state index contributed by atoms with van der Waals surface area (Å²) in [4.78, 5) is 50.3. The van der Waals surface area contributed by atoms with Crippen molar-refractivity contribution in [2.45, 2.75) is 80.4 Å². The molecule has 2 saturated heterocycles. The van der Waals surface area contributed by atoms with Crippen LogP contribution < -0.4 is 0 Å². The monoisotopic (exact) mass is 514 g/mol. The fourth-order valence-electron chi connectivity index (χ4n) is 4.00. The Kier molecular flexibility index (Phi) is 11.5. The molecule has 0 aromatic rings. The number of amides is 2. The zero-order valence-corrected chi connectivity index (χ0v) is 23.7. The van der Waals surface area contributed by atoms with Crippen LogP contribution in [0.4, 0.5) is 9.59 Å². The van der Waals surface area contributed by atoms with Crippen molar-refractivity contribution >= 4 is 24.1 Å². The maximum Gasteiger partial charge on any atom is 0.410 e. The molecule has 208 valence electrons. The number of hydrogen-bond donors (Lipinski definition) is 0. The van der Waals surface area contributed by atoms with Crippen LogP contribution in [0.3, 0.4) is 0 Å². The average Bonchev–Trinajstić information content (AvgIpc) is 3.29. The average molecular weight is 515 g/mol. The molecular weight excluding hydrogens is 468 g/mol. The number of hydrogen-bond acceptors (Lipinski definition) is 8. The van der Waals surface area contributed by atoms with Crippen molar-refractivity contribution in [2.24, 2.45) is 23.7 Å². The SMILES string of the molecule is CCOC(=O)C1CN(C(=O)OC(C)(C)C)CC1C.CCOC(=O)C1CN(C(=O)OC(C)(C)C)CC1C. The van der Waals surface area contributed by atoms with Gasteiger partial charge in [-0.05, 0) is 67.2 Å². The summed E-state index contributed by atoms with van der Waals surface area (Å²) >= 11 is 0. The molecule has 0 spiro atoms. The molecule has 0 aliphatic carbocycles. The minimum atomic E-state index is -0.512. The molecule has 2 heterocycles. The van der Waals surface area contributed by atoms with E-state index in [1.165, 1.54) is 0 Å². The van der Waals surface area contributed by atoms with Gasteiger partial charge < -0.3 is 28.7 Å². The van der Waals surface area contributed by atoms with E-state index in [2.05, 4.69) is 0 Å². The van der Waals surface area contributed by atoms with Gasteiger partial charge in [-0.15, -0.1) is 0 Å². The minimum Gasteiger partial charge on any atom is -0.466 e. The second-order valence-electron chi connectivity index (χ2n) is 11.4. The first-order valence-electron chi connectivity index (χ1n) is 12.8. The number of rotatable bonds is 4. The maximum atomic E-state index is 11.9. The van der Waals surface area contributed by atoms with Gasteiger partial charge in [0.05, 0.1) is 25.0 Å². The van der Waals surface area contributed by atoms with Crippen LogP contribution in [-0.2, 0) is 28.5 Å². The van der Waals surface area contributed by atoms with Crippen LogP contribution in [0.2, 0.25) is 0 Å². The molecule has 0 N–H and O–H groups in total. The molecule has 36 heavy (non-hydrogen) atoms. The molecule has 0 radical (unpaired) electrons. The van der Waals surface area contributed by atoms with E-state index in [0.29, 0.717) is 39.4 Å². The van der Waals surface area contributed by atoms with Gasteiger partial charge >= 0.3 is 24.1 Å². The van der Waals surface area contributed by atoms with E-state index in [4.69, 9.17) is 18.9 Å². The second-order valence-corrected chi connectivity index (χ2v) is 11.4. The van der Waals surface area contributed by atoms with Crippen molar-refractivity contribution in [1.29, 1.82) is 0 Å². The third-order valence-corrected chi connectivity index (χ3v) is 5.71. The van der Waals surface area contributed by atoms with Gasteiger partial charge in [0.15, 0.2) is 0 Å². The Balaban J connectivity index is 0.000000360. The van der Waals surface area contributed by atoms with Gasteiger partial charge in [-0.3, -0.25) is 9.59 Å². The fraction of sp³-hybridized carbons (Fsp3) is 0.846. The lowest BCUT2D eigenvalue weighted by Gasteiger charge is -2.24. The number of carbonyl (C=O) groups is 4. The molecule has 2 aliphatic heterocycles. The number of likely N-dealkylation sites (tertiary alicyclic amines) is 2. The Hall–Kier alpha value is -2.52. The van der Waals surface area contributed by atoms with E-state index >= 15 is 0 Å². The maximum absolute atomic E-state index is 11.9. The highest BCUT2D eigenvalue weighted by Crippen LogP contribution is 2.27. The number of nitrogens with zero attached hydrogens (tertiary/aromatic N) is 2. The van der Waals surface area contributed by atoms with Gasteiger partial charge in [0, 0.05) is 26.2 Å². The van der Waals surface area contributed by atoms with Crippen LogP contribution in [0.1, 0.15) is 69.2 Å². The molecule has 0 saturated carbocycles. The van der Waals surface area contributed by atoms with Crippen molar-refractivity contribution in [3.8, 4) is 0 Å². The molecule has 2 fully saturated rings. The Morgan fingerprint density at radius 1 is 0.639 bits per heavy atom. The first-order valence-corrected chi connectivity index (χ1v) is 12.8. The summed E-state index contributed by atoms with van der Waals surface area (Å²) in [5, 5.41) is 0. The smallest absolute Gasteiger partial charge is 0.410 e. The highest BCUT2D eigenvalue weighted by atomic mass is 16.6. The molecule has 0 aromatic carbocycles. The Morgan fingerprint density at radius 2 is 0.944 bits per heavy atom. The fourth-order valence-corrected chi connectivity index (χ4v) is 4.00. The molecule has 0 bridgehead atoms. The van der Waals surface area contributed by atoms with Gasteiger partial charge in [-0.1, -0.05) is 13.8 Å². The lowest BCUT2D eigenvalue weighted by Crippen LogP contribution is -2.36. The van der Waals surface area contributed by atoms with E-state index < -0.39 is 11.2 Å². The predicted molar refractivity (Wildman–Crippen MR) is 134 cm³/mol. The molecule has 10 nitrogen and oxygen atoms in total. The Morgan fingerprint density at radius 3 is 1.19 bits per heavy atom. The van der Waals surface area contributed by atoms with Crippen LogP contribution in [0.25, 0.3) is 0 Å². The summed E-state index contributed by atoms with van der Waals surface area (Å²) in [6.45, 7) is 21.0. The normalized spacial score (nSPS) is 23.9. The van der Waals surface area contributed by atoms with Gasteiger partial charge in [-0.25, -0.2) is 9.59 Å². The van der Waals surface area contributed by atoms with Crippen LogP contribution in [0.5, 0.6) is 0 Å². The molecule has 2 aliphatic rings. The third-order valence-electron chi connectivity index (χ3n) is 5.71. The quantitative estimate of drug-likeness (QED) is 0.407. The zero-order valence-electron chi connectivity index (χ0n) is 23.7. The van der Waals surface area contributed by atoms with E-state index in [1.54, 1.807) is 23.6 Å². The highest BCUT2D eigenvalue weighted by Gasteiger charge is 2.40. The highest BCUT2D eigenvalue weighted by molar-refractivity contribution is 5.77. The molecule has 2 amide bonds. The summed E-state index contributed by atoms with van der Waals surface area (Å²) in [6.07, 6.45) is -0.720. The third kappa shape index (κ3) is 10.2. The van der Waals surface area contributed by atoms with Crippen LogP contribution in [-0.4, -0.2) is 84.5 Å². The minimum absolute atomic E-state index is 0.108. The molecule has 4 atom stereocenters. The second kappa shape index (κ2) is 13.1. The van der Waals surface area contributed by atoms with E-state index in [1.807, 2.05) is 55.4 Å². The van der Waals surface area contributed by atoms with Gasteiger partial charge in [0.1, 0.15) is 11.2 Å². The van der Waals surface area contributed by atoms with Gasteiger partial charge in [-0.2, -0.15) is 0 Å². The standard InChI is InChI=1S/2C13H23NO4/c2*1-6-17-11(15)10-8-14(7-9(10)2)12(16)18-13(3,4)5/h2*9-10H,6-8H2,1-5H3.